The standard InChI is InChI=1S/C27H31ClFN7O5/c1-13(2)36-18(22-21(25(37)38)30-8-10-35(22)27(36)40)12-17-19(26(39)41-4)20(15-6-5-14(29)11-16(15)28)33-23(32-17)24-31-7-9-34(24)3/h5-7,9,11,13,18,20-22,30H,8,10,12H2,1-4H3,(H,32,33)(H,37,38). The Labute approximate surface area is 240 Å². The van der Waals surface area contributed by atoms with E-state index in [0.717, 1.165) is 6.07 Å². The lowest BCUT2D eigenvalue weighted by molar-refractivity contribution is -0.142. The quantitative estimate of drug-likeness (QED) is 0.418. The van der Waals surface area contributed by atoms with Gasteiger partial charge in [0.05, 0.1) is 24.8 Å². The third kappa shape index (κ3) is 5.04. The van der Waals surface area contributed by atoms with Gasteiger partial charge in [0.15, 0.2) is 11.7 Å². The van der Waals surface area contributed by atoms with Crippen molar-refractivity contribution in [3.05, 3.63) is 64.1 Å². The van der Waals surface area contributed by atoms with Crippen molar-refractivity contribution in [3.63, 3.8) is 0 Å². The molecular formula is C27H31ClFN7O5. The molecule has 4 atom stereocenters. The van der Waals surface area contributed by atoms with E-state index in [-0.39, 0.29) is 29.1 Å². The number of aryl methyl sites for hydroxylation is 1. The van der Waals surface area contributed by atoms with E-state index >= 15 is 0 Å². The summed E-state index contributed by atoms with van der Waals surface area (Å²) in [7, 11) is 3.02. The number of hydrogen-bond acceptors (Lipinski definition) is 8. The van der Waals surface area contributed by atoms with Crippen LogP contribution in [0.4, 0.5) is 9.18 Å². The van der Waals surface area contributed by atoms with Crippen LogP contribution in [0, 0.1) is 5.82 Å². The van der Waals surface area contributed by atoms with Crippen molar-refractivity contribution in [2.75, 3.05) is 20.2 Å². The van der Waals surface area contributed by atoms with Gasteiger partial charge in [0.1, 0.15) is 17.9 Å². The first-order valence-corrected chi connectivity index (χ1v) is 13.5. The third-order valence-corrected chi connectivity index (χ3v) is 8.02. The molecule has 1 aromatic heterocycles. The maximum absolute atomic E-state index is 14.0. The van der Waals surface area contributed by atoms with Crippen molar-refractivity contribution in [2.24, 2.45) is 12.0 Å². The van der Waals surface area contributed by atoms with Gasteiger partial charge in [-0.2, -0.15) is 0 Å². The van der Waals surface area contributed by atoms with Gasteiger partial charge in [-0.05, 0) is 26.0 Å². The number of carbonyl (C=O) groups excluding carboxylic acids is 2. The normalized spacial score (nSPS) is 24.4. The number of fused-ring (bicyclic) bond motifs is 1. The summed E-state index contributed by atoms with van der Waals surface area (Å²) in [4.78, 5) is 51.6. The number of carboxylic acid groups (broad SMARTS) is 1. The number of nitrogens with zero attached hydrogens (tertiary/aromatic N) is 5. The summed E-state index contributed by atoms with van der Waals surface area (Å²) < 4.78 is 20.9. The molecule has 3 aliphatic heterocycles. The Morgan fingerprint density at radius 2 is 2.07 bits per heavy atom. The number of rotatable bonds is 7. The fourth-order valence-corrected chi connectivity index (χ4v) is 6.20. The van der Waals surface area contributed by atoms with Crippen molar-refractivity contribution in [3.8, 4) is 0 Å². The van der Waals surface area contributed by atoms with Crippen molar-refractivity contribution in [1.29, 1.82) is 0 Å². The van der Waals surface area contributed by atoms with Gasteiger partial charge in [-0.25, -0.2) is 19.0 Å². The highest BCUT2D eigenvalue weighted by Gasteiger charge is 2.54. The highest BCUT2D eigenvalue weighted by molar-refractivity contribution is 6.31. The average Bonchev–Trinajstić information content (AvgIpc) is 3.48. The number of aromatic nitrogens is 2. The largest absolute Gasteiger partial charge is 0.480 e. The average molecular weight is 588 g/mol. The van der Waals surface area contributed by atoms with E-state index in [4.69, 9.17) is 21.3 Å². The van der Waals surface area contributed by atoms with E-state index in [0.29, 0.717) is 36.0 Å². The van der Waals surface area contributed by atoms with Gasteiger partial charge in [-0.3, -0.25) is 9.79 Å². The Morgan fingerprint density at radius 1 is 1.32 bits per heavy atom. The molecule has 2 aromatic rings. The molecule has 218 valence electrons. The zero-order chi connectivity index (χ0) is 29.6. The molecule has 41 heavy (non-hydrogen) atoms. The van der Waals surface area contributed by atoms with Gasteiger partial charge in [-0.1, -0.05) is 17.7 Å². The zero-order valence-electron chi connectivity index (χ0n) is 23.0. The molecule has 3 N–H and O–H groups in total. The van der Waals surface area contributed by atoms with Crippen molar-refractivity contribution < 1.29 is 28.6 Å². The van der Waals surface area contributed by atoms with E-state index in [9.17, 15) is 23.9 Å². The van der Waals surface area contributed by atoms with Crippen molar-refractivity contribution >= 4 is 35.4 Å². The first-order valence-electron chi connectivity index (χ1n) is 13.2. The fraction of sp³-hybridized carbons (Fsp3) is 0.444. The highest BCUT2D eigenvalue weighted by Crippen LogP contribution is 2.40. The molecule has 14 heteroatoms. The molecule has 12 nitrogen and oxygen atoms in total. The Kier molecular flexibility index (Phi) is 7.75. The van der Waals surface area contributed by atoms with Crippen LogP contribution >= 0.6 is 11.6 Å². The molecule has 4 unspecified atom stereocenters. The lowest BCUT2D eigenvalue weighted by Crippen LogP contribution is -2.62. The molecule has 0 saturated carbocycles. The minimum atomic E-state index is -1.08. The summed E-state index contributed by atoms with van der Waals surface area (Å²) in [5, 5.41) is 16.4. The number of hydrogen-bond donors (Lipinski definition) is 3. The minimum Gasteiger partial charge on any atom is -0.480 e. The van der Waals surface area contributed by atoms with Gasteiger partial charge in [-0.15, -0.1) is 0 Å². The Bertz CT molecular complexity index is 1460. The number of benzene rings is 1. The molecule has 4 heterocycles. The van der Waals surface area contributed by atoms with Gasteiger partial charge < -0.3 is 34.8 Å². The molecule has 1 aromatic carbocycles. The number of methoxy groups -OCH3 is 1. The first kappa shape index (κ1) is 28.6. The van der Waals surface area contributed by atoms with Crippen LogP contribution in [0.3, 0.4) is 0 Å². The summed E-state index contributed by atoms with van der Waals surface area (Å²) in [6.07, 6.45) is 3.40. The van der Waals surface area contributed by atoms with Crippen LogP contribution in [0.15, 0.2) is 46.9 Å². The van der Waals surface area contributed by atoms with Crippen LogP contribution in [-0.4, -0.2) is 92.6 Å². The number of carboxylic acids is 1. The van der Waals surface area contributed by atoms with Gasteiger partial charge in [0.2, 0.25) is 0 Å². The molecule has 2 amide bonds. The number of halogens is 2. The molecule has 0 aliphatic carbocycles. The summed E-state index contributed by atoms with van der Waals surface area (Å²) in [6, 6.07) is -0.0680. The number of nitrogens with one attached hydrogen (secondary N) is 2. The monoisotopic (exact) mass is 587 g/mol. The SMILES string of the molecule is COC(=O)C1=C(CC2C3C(C(=O)O)NCCN3C(=O)N2C(C)C)NC(c2nccn2C)=NC1c1ccc(F)cc1Cl. The number of carbonyl (C=O) groups is 3. The molecule has 0 bridgehead atoms. The summed E-state index contributed by atoms with van der Waals surface area (Å²) in [6.45, 7) is 4.40. The number of amidine groups is 1. The van der Waals surface area contributed by atoms with E-state index in [2.05, 4.69) is 15.6 Å². The van der Waals surface area contributed by atoms with Crippen LogP contribution in [0.25, 0.3) is 0 Å². The predicted octanol–water partition coefficient (Wildman–Crippen LogP) is 2.06. The van der Waals surface area contributed by atoms with E-state index < -0.39 is 41.9 Å². The molecule has 5 rings (SSSR count). The topological polar surface area (TPSA) is 141 Å². The zero-order valence-corrected chi connectivity index (χ0v) is 23.7. The maximum atomic E-state index is 14.0. The molecule has 0 spiro atoms. The van der Waals surface area contributed by atoms with Crippen LogP contribution in [0.2, 0.25) is 5.02 Å². The highest BCUT2D eigenvalue weighted by atomic mass is 35.5. The lowest BCUT2D eigenvalue weighted by Gasteiger charge is -2.38. The van der Waals surface area contributed by atoms with Crippen molar-refractivity contribution in [2.45, 2.75) is 50.5 Å². The van der Waals surface area contributed by atoms with Gasteiger partial charge >= 0.3 is 18.0 Å². The third-order valence-electron chi connectivity index (χ3n) is 7.69. The van der Waals surface area contributed by atoms with Crippen LogP contribution < -0.4 is 10.6 Å². The smallest absolute Gasteiger partial charge is 0.338 e. The fourth-order valence-electron chi connectivity index (χ4n) is 5.93. The summed E-state index contributed by atoms with van der Waals surface area (Å²) in [5.41, 5.74) is 0.853. The van der Waals surface area contributed by atoms with Crippen molar-refractivity contribution in [1.82, 2.24) is 30.0 Å². The number of amides is 2. The number of esters is 1. The second kappa shape index (κ2) is 11.1. The first-order chi connectivity index (χ1) is 19.5. The number of urea groups is 1. The van der Waals surface area contributed by atoms with E-state index in [1.807, 2.05) is 13.8 Å². The Hall–Kier alpha value is -3.97. The number of imidazole rings is 1. The summed E-state index contributed by atoms with van der Waals surface area (Å²) in [5.74, 6) is -1.55. The van der Waals surface area contributed by atoms with Crippen LogP contribution in [0.5, 0.6) is 0 Å². The molecule has 2 fully saturated rings. The van der Waals surface area contributed by atoms with Crippen LogP contribution in [0.1, 0.15) is 37.7 Å². The maximum Gasteiger partial charge on any atom is 0.338 e. The predicted molar refractivity (Wildman–Crippen MR) is 147 cm³/mol. The summed E-state index contributed by atoms with van der Waals surface area (Å²) >= 11 is 6.47. The van der Waals surface area contributed by atoms with Crippen LogP contribution in [-0.2, 0) is 21.4 Å². The Morgan fingerprint density at radius 3 is 2.68 bits per heavy atom. The second-order valence-electron chi connectivity index (χ2n) is 10.4. The lowest BCUT2D eigenvalue weighted by atomic mass is 9.89. The van der Waals surface area contributed by atoms with Gasteiger partial charge in [0.25, 0.3) is 0 Å². The number of piperazine rings is 1. The second-order valence-corrected chi connectivity index (χ2v) is 10.8. The molecule has 0 radical (unpaired) electrons. The van der Waals surface area contributed by atoms with E-state index in [1.54, 1.807) is 33.8 Å². The van der Waals surface area contributed by atoms with Gasteiger partial charge in [0, 0.05) is 61.3 Å². The molecule has 2 saturated heterocycles. The number of aliphatic imine (C=N–C) groups is 1. The minimum absolute atomic E-state index is 0.0639. The Balaban J connectivity index is 1.68. The van der Waals surface area contributed by atoms with E-state index in [1.165, 1.54) is 19.2 Å². The number of aliphatic carboxylic acids is 1. The number of ether oxygens (including phenoxy) is 1. The molecule has 3 aliphatic rings. The molecular weight excluding hydrogens is 557 g/mol.